The lowest BCUT2D eigenvalue weighted by atomic mass is 10.1. The molecule has 0 spiro atoms. The highest BCUT2D eigenvalue weighted by Gasteiger charge is 2.18. The molecule has 4 N–H and O–H groups in total. The normalized spacial score (nSPS) is 10.3. The number of rotatable bonds is 2. The quantitative estimate of drug-likeness (QED) is 0.570. The van der Waals surface area contributed by atoms with Gasteiger partial charge >= 0.3 is 5.97 Å². The molecule has 18 heavy (non-hydrogen) atoms. The van der Waals surface area contributed by atoms with Gasteiger partial charge in [0.05, 0.1) is 12.8 Å². The minimum Gasteiger partial charge on any atom is -0.464 e. The molecule has 6 heteroatoms. The summed E-state index contributed by atoms with van der Waals surface area (Å²) in [6, 6.07) is 5.78. The van der Waals surface area contributed by atoms with Crippen molar-refractivity contribution in [2.24, 2.45) is 5.73 Å². The van der Waals surface area contributed by atoms with E-state index in [0.29, 0.717) is 11.4 Å². The summed E-state index contributed by atoms with van der Waals surface area (Å²) in [5, 5.41) is 3.77. The maximum Gasteiger partial charge on any atom is 0.356 e. The van der Waals surface area contributed by atoms with Crippen molar-refractivity contribution in [3.63, 3.8) is 0 Å². The second-order valence-corrected chi connectivity index (χ2v) is 4.34. The van der Waals surface area contributed by atoms with E-state index in [1.165, 1.54) is 7.11 Å². The number of aromatic nitrogens is 1. The number of nitrogens with one attached hydrogen (secondary N) is 2. The van der Waals surface area contributed by atoms with E-state index in [0.717, 1.165) is 16.5 Å². The van der Waals surface area contributed by atoms with Crippen molar-refractivity contribution in [1.82, 2.24) is 4.98 Å². The van der Waals surface area contributed by atoms with Gasteiger partial charge in [0.25, 0.3) is 0 Å². The second-order valence-electron chi connectivity index (χ2n) is 3.90. The zero-order valence-electron chi connectivity index (χ0n) is 10.0. The van der Waals surface area contributed by atoms with Crippen LogP contribution in [0.2, 0.25) is 0 Å². The monoisotopic (exact) mass is 263 g/mol. The SMILES string of the molecule is COC(=O)c1[nH]c2ccc(C)cc2c1NC(N)=S. The molecule has 0 saturated carbocycles. The van der Waals surface area contributed by atoms with Crippen LogP contribution in [0.4, 0.5) is 5.69 Å². The van der Waals surface area contributed by atoms with Crippen molar-refractivity contribution < 1.29 is 9.53 Å². The molecule has 0 saturated heterocycles. The summed E-state index contributed by atoms with van der Waals surface area (Å²) in [6.45, 7) is 1.97. The van der Waals surface area contributed by atoms with Gasteiger partial charge in [0.15, 0.2) is 5.11 Å². The Morgan fingerprint density at radius 3 is 2.83 bits per heavy atom. The first-order chi connectivity index (χ1) is 8.52. The van der Waals surface area contributed by atoms with Crippen LogP contribution in [0, 0.1) is 6.92 Å². The van der Waals surface area contributed by atoms with Gasteiger partial charge in [-0.15, -0.1) is 0 Å². The number of esters is 1. The Balaban J connectivity index is 2.68. The van der Waals surface area contributed by atoms with Gasteiger partial charge in [0.1, 0.15) is 5.69 Å². The highest BCUT2D eigenvalue weighted by atomic mass is 32.1. The minimum atomic E-state index is -0.470. The van der Waals surface area contributed by atoms with Gasteiger partial charge in [-0.1, -0.05) is 11.6 Å². The Kier molecular flexibility index (Phi) is 3.20. The van der Waals surface area contributed by atoms with Gasteiger partial charge in [-0.2, -0.15) is 0 Å². The van der Waals surface area contributed by atoms with E-state index < -0.39 is 5.97 Å². The topological polar surface area (TPSA) is 80.1 Å². The molecule has 0 aliphatic heterocycles. The van der Waals surface area contributed by atoms with Gasteiger partial charge in [0.2, 0.25) is 0 Å². The third kappa shape index (κ3) is 2.14. The van der Waals surface area contributed by atoms with Crippen molar-refractivity contribution in [3.8, 4) is 0 Å². The van der Waals surface area contributed by atoms with Crippen LogP contribution >= 0.6 is 12.2 Å². The number of H-pyrrole nitrogens is 1. The van der Waals surface area contributed by atoms with Gasteiger partial charge in [0, 0.05) is 10.9 Å². The lowest BCUT2D eigenvalue weighted by Crippen LogP contribution is -2.20. The van der Waals surface area contributed by atoms with Crippen LogP contribution < -0.4 is 11.1 Å². The lowest BCUT2D eigenvalue weighted by molar-refractivity contribution is 0.0596. The third-order valence-corrected chi connectivity index (χ3v) is 2.69. The molecule has 0 aliphatic carbocycles. The number of hydrogen-bond donors (Lipinski definition) is 3. The number of methoxy groups -OCH3 is 1. The summed E-state index contributed by atoms with van der Waals surface area (Å²) in [5.74, 6) is -0.470. The number of carbonyl (C=O) groups excluding carboxylic acids is 1. The first-order valence-corrected chi connectivity index (χ1v) is 5.71. The smallest absolute Gasteiger partial charge is 0.356 e. The lowest BCUT2D eigenvalue weighted by Gasteiger charge is -2.05. The van der Waals surface area contributed by atoms with Gasteiger partial charge in [-0.3, -0.25) is 0 Å². The Hall–Kier alpha value is -2.08. The van der Waals surface area contributed by atoms with Gasteiger partial charge in [-0.25, -0.2) is 4.79 Å². The summed E-state index contributed by atoms with van der Waals surface area (Å²) >= 11 is 4.82. The maximum atomic E-state index is 11.7. The van der Waals surface area contributed by atoms with Crippen LogP contribution in [0.25, 0.3) is 10.9 Å². The number of fused-ring (bicyclic) bond motifs is 1. The number of aromatic amines is 1. The summed E-state index contributed by atoms with van der Waals surface area (Å²) in [4.78, 5) is 14.7. The van der Waals surface area contributed by atoms with Crippen LogP contribution in [0.15, 0.2) is 18.2 Å². The number of carbonyl (C=O) groups is 1. The fraction of sp³-hybridized carbons (Fsp3) is 0.167. The predicted molar refractivity (Wildman–Crippen MR) is 74.8 cm³/mol. The largest absolute Gasteiger partial charge is 0.464 e. The van der Waals surface area contributed by atoms with Crippen molar-refractivity contribution >= 4 is 39.9 Å². The fourth-order valence-corrected chi connectivity index (χ4v) is 1.92. The van der Waals surface area contributed by atoms with Crippen molar-refractivity contribution in [3.05, 3.63) is 29.5 Å². The fourth-order valence-electron chi connectivity index (χ4n) is 1.81. The number of benzene rings is 1. The number of nitrogens with two attached hydrogens (primary N) is 1. The van der Waals surface area contributed by atoms with E-state index >= 15 is 0 Å². The Labute approximate surface area is 109 Å². The van der Waals surface area contributed by atoms with Gasteiger partial charge in [-0.05, 0) is 31.3 Å². The minimum absolute atomic E-state index is 0.0996. The first kappa shape index (κ1) is 12.4. The zero-order chi connectivity index (χ0) is 13.3. The van der Waals surface area contributed by atoms with Crippen molar-refractivity contribution in [2.45, 2.75) is 6.92 Å². The van der Waals surface area contributed by atoms with E-state index in [9.17, 15) is 4.79 Å². The molecule has 0 fully saturated rings. The van der Waals surface area contributed by atoms with Crippen LogP contribution in [-0.4, -0.2) is 23.2 Å². The number of ether oxygens (including phenoxy) is 1. The summed E-state index contributed by atoms with van der Waals surface area (Å²) in [7, 11) is 1.32. The highest BCUT2D eigenvalue weighted by molar-refractivity contribution is 7.80. The number of hydrogen-bond acceptors (Lipinski definition) is 3. The molecule has 0 amide bonds. The molecule has 0 aliphatic rings. The Bertz CT molecular complexity index is 634. The second kappa shape index (κ2) is 4.66. The van der Waals surface area contributed by atoms with E-state index in [1.54, 1.807) is 0 Å². The van der Waals surface area contributed by atoms with Crippen LogP contribution in [-0.2, 0) is 4.74 Å². The van der Waals surface area contributed by atoms with Gasteiger partial charge < -0.3 is 20.8 Å². The average Bonchev–Trinajstić information content (AvgIpc) is 2.66. The summed E-state index contributed by atoms with van der Waals surface area (Å²) in [6.07, 6.45) is 0. The molecule has 2 rings (SSSR count). The molecule has 94 valence electrons. The van der Waals surface area contributed by atoms with Crippen LogP contribution in [0.1, 0.15) is 16.1 Å². The number of aryl methyl sites for hydroxylation is 1. The number of anilines is 1. The molecule has 0 bridgehead atoms. The molecule has 1 heterocycles. The molecule has 0 unspecified atom stereocenters. The van der Waals surface area contributed by atoms with E-state index in [2.05, 4.69) is 10.3 Å². The van der Waals surface area contributed by atoms with E-state index in [1.807, 2.05) is 25.1 Å². The Morgan fingerprint density at radius 2 is 2.22 bits per heavy atom. The molecule has 0 atom stereocenters. The maximum absolute atomic E-state index is 11.7. The first-order valence-electron chi connectivity index (χ1n) is 5.30. The highest BCUT2D eigenvalue weighted by Crippen LogP contribution is 2.29. The van der Waals surface area contributed by atoms with Crippen LogP contribution in [0.3, 0.4) is 0 Å². The standard InChI is InChI=1S/C12H13N3O2S/c1-6-3-4-8-7(5-6)9(15-12(13)18)10(14-8)11(16)17-2/h3-5,14H,1-2H3,(H3,13,15,18). The van der Waals surface area contributed by atoms with Crippen LogP contribution in [0.5, 0.6) is 0 Å². The van der Waals surface area contributed by atoms with E-state index in [4.69, 9.17) is 22.7 Å². The third-order valence-electron chi connectivity index (χ3n) is 2.59. The van der Waals surface area contributed by atoms with Crippen molar-refractivity contribution in [2.75, 3.05) is 12.4 Å². The van der Waals surface area contributed by atoms with E-state index in [-0.39, 0.29) is 5.11 Å². The summed E-state index contributed by atoms with van der Waals surface area (Å²) in [5.41, 5.74) is 8.23. The molecule has 2 aromatic rings. The molecular weight excluding hydrogens is 250 g/mol. The predicted octanol–water partition coefficient (Wildman–Crippen LogP) is 1.92. The summed E-state index contributed by atoms with van der Waals surface area (Å²) < 4.78 is 4.72. The molecule has 5 nitrogen and oxygen atoms in total. The average molecular weight is 263 g/mol. The molecular formula is C12H13N3O2S. The Morgan fingerprint density at radius 1 is 1.50 bits per heavy atom. The zero-order valence-corrected chi connectivity index (χ0v) is 10.9. The molecule has 1 aromatic carbocycles. The molecule has 0 radical (unpaired) electrons. The molecule has 1 aromatic heterocycles. The van der Waals surface area contributed by atoms with Crippen molar-refractivity contribution in [1.29, 1.82) is 0 Å². The number of thiocarbonyl (C=S) groups is 1.